The topological polar surface area (TPSA) is 65.9 Å². The minimum atomic E-state index is -0.410. The molecule has 1 N–H and O–H groups in total. The summed E-state index contributed by atoms with van der Waals surface area (Å²) in [6, 6.07) is 11.6. The molecule has 0 bridgehead atoms. The molecule has 0 radical (unpaired) electrons. The summed E-state index contributed by atoms with van der Waals surface area (Å²) < 4.78 is 6.03. The molecule has 1 aliphatic carbocycles. The number of nitrogens with zero attached hydrogens (tertiary/aromatic N) is 3. The van der Waals surface area contributed by atoms with Gasteiger partial charge in [-0.1, -0.05) is 25.5 Å². The van der Waals surface area contributed by atoms with Crippen molar-refractivity contribution in [2.75, 3.05) is 39.3 Å². The number of aliphatic hydroxyl groups excluding tert-OH is 1. The first-order valence-electron chi connectivity index (χ1n) is 13.4. The number of likely N-dealkylation sites (tertiary alicyclic amines) is 2. The highest BCUT2D eigenvalue weighted by atomic mass is 16.5. The van der Waals surface area contributed by atoms with Gasteiger partial charge in [0, 0.05) is 43.0 Å². The highest BCUT2D eigenvalue weighted by molar-refractivity contribution is 5.94. The molecule has 5 rings (SSSR count). The Morgan fingerprint density at radius 1 is 1.03 bits per heavy atom. The minimum Gasteiger partial charge on any atom is -0.477 e. The van der Waals surface area contributed by atoms with Gasteiger partial charge in [-0.15, -0.1) is 0 Å². The zero-order valence-corrected chi connectivity index (χ0v) is 21.0. The third-order valence-corrected chi connectivity index (χ3v) is 8.23. The maximum absolute atomic E-state index is 12.7. The maximum Gasteiger partial charge on any atom is 0.253 e. The largest absolute Gasteiger partial charge is 0.477 e. The van der Waals surface area contributed by atoms with Crippen molar-refractivity contribution < 1.29 is 14.6 Å². The van der Waals surface area contributed by atoms with Crippen LogP contribution < -0.4 is 4.74 Å². The Bertz CT molecular complexity index is 979. The van der Waals surface area contributed by atoms with Crippen LogP contribution in [0.3, 0.4) is 0 Å². The van der Waals surface area contributed by atoms with Crippen molar-refractivity contribution in [3.05, 3.63) is 48.2 Å². The number of carbonyl (C=O) groups excluding carboxylic acids is 1. The van der Waals surface area contributed by atoms with Crippen molar-refractivity contribution in [2.24, 2.45) is 11.3 Å². The lowest BCUT2D eigenvalue weighted by Crippen LogP contribution is -2.44. The molecule has 1 amide bonds. The maximum atomic E-state index is 12.7. The van der Waals surface area contributed by atoms with E-state index in [1.165, 1.54) is 51.7 Å². The van der Waals surface area contributed by atoms with Gasteiger partial charge in [0.2, 0.25) is 5.88 Å². The molecule has 188 valence electrons. The molecule has 1 aromatic heterocycles. The predicted octanol–water partition coefficient (Wildman–Crippen LogP) is 4.63. The van der Waals surface area contributed by atoms with E-state index in [2.05, 4.69) is 16.8 Å². The molecule has 35 heavy (non-hydrogen) atoms. The van der Waals surface area contributed by atoms with Gasteiger partial charge in [-0.25, -0.2) is 4.98 Å². The van der Waals surface area contributed by atoms with Crippen molar-refractivity contribution in [1.29, 1.82) is 0 Å². The minimum absolute atomic E-state index is 0.0137. The number of benzene rings is 1. The summed E-state index contributed by atoms with van der Waals surface area (Å²) in [5.41, 5.74) is 3.25. The fourth-order valence-electron chi connectivity index (χ4n) is 5.76. The molecular weight excluding hydrogens is 438 g/mol. The monoisotopic (exact) mass is 477 g/mol. The number of aromatic nitrogens is 1. The summed E-state index contributed by atoms with van der Waals surface area (Å²) in [6.07, 6.45) is 9.65. The summed E-state index contributed by atoms with van der Waals surface area (Å²) in [5.74, 6) is 1.27. The SMILES string of the molecule is CC1(CN2CCC(COc3ccc(-c4ccc(C(=O)N5CCC[C@H](O)C5)cc4)cn3)CC2)CCC1. The molecule has 1 atom stereocenters. The van der Waals surface area contributed by atoms with Crippen molar-refractivity contribution in [3.63, 3.8) is 0 Å². The molecule has 2 aliphatic heterocycles. The van der Waals surface area contributed by atoms with Crippen LogP contribution in [0.4, 0.5) is 0 Å². The fraction of sp³-hybridized carbons (Fsp3) is 0.586. The van der Waals surface area contributed by atoms with E-state index in [4.69, 9.17) is 4.74 Å². The summed E-state index contributed by atoms with van der Waals surface area (Å²) in [5, 5.41) is 9.85. The second-order valence-corrected chi connectivity index (χ2v) is 11.2. The number of pyridine rings is 1. The van der Waals surface area contributed by atoms with E-state index in [0.717, 1.165) is 30.6 Å². The lowest BCUT2D eigenvalue weighted by atomic mass is 9.70. The number of hydrogen-bond acceptors (Lipinski definition) is 5. The molecular formula is C29H39N3O3. The summed E-state index contributed by atoms with van der Waals surface area (Å²) in [4.78, 5) is 21.6. The molecule has 0 spiro atoms. The van der Waals surface area contributed by atoms with E-state index in [0.29, 0.717) is 35.9 Å². The number of amides is 1. The second-order valence-electron chi connectivity index (χ2n) is 11.2. The third-order valence-electron chi connectivity index (χ3n) is 8.23. The van der Waals surface area contributed by atoms with Crippen LogP contribution in [0.25, 0.3) is 11.1 Å². The molecule has 6 heteroatoms. The average Bonchev–Trinajstić information content (AvgIpc) is 2.87. The fourth-order valence-corrected chi connectivity index (χ4v) is 5.76. The summed E-state index contributed by atoms with van der Waals surface area (Å²) in [6.45, 7) is 7.95. The number of β-amino-alcohol motifs (C(OH)–C–C–N with tert-alkyl or cyclic N) is 1. The van der Waals surface area contributed by atoms with Crippen LogP contribution in [0, 0.1) is 11.3 Å². The lowest BCUT2D eigenvalue weighted by Gasteiger charge is -2.44. The first-order chi connectivity index (χ1) is 17.0. The summed E-state index contributed by atoms with van der Waals surface area (Å²) in [7, 11) is 0. The smallest absolute Gasteiger partial charge is 0.253 e. The lowest BCUT2D eigenvalue weighted by molar-refractivity contribution is 0.0474. The van der Waals surface area contributed by atoms with Gasteiger partial charge in [0.15, 0.2) is 0 Å². The normalized spacial score (nSPS) is 23.0. The van der Waals surface area contributed by atoms with E-state index in [-0.39, 0.29) is 5.91 Å². The van der Waals surface area contributed by atoms with Crippen molar-refractivity contribution in [3.8, 4) is 17.0 Å². The molecule has 3 heterocycles. The Balaban J connectivity index is 1.09. The number of ether oxygens (including phenoxy) is 1. The first-order valence-corrected chi connectivity index (χ1v) is 13.4. The molecule has 1 saturated carbocycles. The zero-order chi connectivity index (χ0) is 24.3. The van der Waals surface area contributed by atoms with Crippen LogP contribution >= 0.6 is 0 Å². The van der Waals surface area contributed by atoms with Gasteiger partial charge >= 0.3 is 0 Å². The number of piperidine rings is 2. The van der Waals surface area contributed by atoms with Crippen molar-refractivity contribution in [2.45, 2.75) is 58.0 Å². The number of carbonyl (C=O) groups is 1. The highest BCUT2D eigenvalue weighted by Crippen LogP contribution is 2.41. The van der Waals surface area contributed by atoms with Crippen molar-refractivity contribution in [1.82, 2.24) is 14.8 Å². The number of rotatable bonds is 7. The molecule has 3 fully saturated rings. The van der Waals surface area contributed by atoms with Gasteiger partial charge in [0.25, 0.3) is 5.91 Å². The van der Waals surface area contributed by atoms with E-state index in [1.807, 2.05) is 42.6 Å². The van der Waals surface area contributed by atoms with E-state index in [9.17, 15) is 9.90 Å². The number of aliphatic hydroxyl groups is 1. The molecule has 6 nitrogen and oxygen atoms in total. The first kappa shape index (κ1) is 24.3. The predicted molar refractivity (Wildman–Crippen MR) is 137 cm³/mol. The Morgan fingerprint density at radius 2 is 1.77 bits per heavy atom. The Hall–Kier alpha value is -2.44. The van der Waals surface area contributed by atoms with Crippen LogP contribution in [0.2, 0.25) is 0 Å². The Labute approximate surface area is 209 Å². The van der Waals surface area contributed by atoms with Gasteiger partial charge in [-0.2, -0.15) is 0 Å². The molecule has 0 unspecified atom stereocenters. The number of hydrogen-bond donors (Lipinski definition) is 1. The van der Waals surface area contributed by atoms with E-state index < -0.39 is 6.10 Å². The van der Waals surface area contributed by atoms with Crippen LogP contribution in [0.5, 0.6) is 5.88 Å². The van der Waals surface area contributed by atoms with Crippen LogP contribution in [-0.4, -0.2) is 71.2 Å². The molecule has 3 aliphatic rings. The van der Waals surface area contributed by atoms with E-state index in [1.54, 1.807) is 4.90 Å². The average molecular weight is 478 g/mol. The second kappa shape index (κ2) is 10.7. The van der Waals surface area contributed by atoms with Crippen LogP contribution in [0.1, 0.15) is 62.2 Å². The van der Waals surface area contributed by atoms with Crippen LogP contribution in [0.15, 0.2) is 42.6 Å². The van der Waals surface area contributed by atoms with Gasteiger partial charge < -0.3 is 19.6 Å². The molecule has 2 saturated heterocycles. The van der Waals surface area contributed by atoms with Gasteiger partial charge in [0.05, 0.1) is 12.7 Å². The molecule has 2 aromatic rings. The summed E-state index contributed by atoms with van der Waals surface area (Å²) >= 11 is 0. The van der Waals surface area contributed by atoms with Crippen molar-refractivity contribution >= 4 is 5.91 Å². The van der Waals surface area contributed by atoms with E-state index >= 15 is 0 Å². The van der Waals surface area contributed by atoms with Gasteiger partial charge in [-0.3, -0.25) is 4.79 Å². The Morgan fingerprint density at radius 3 is 2.40 bits per heavy atom. The Kier molecular flexibility index (Phi) is 7.40. The molecule has 1 aromatic carbocycles. The van der Waals surface area contributed by atoms with Gasteiger partial charge in [-0.05, 0) is 86.7 Å². The van der Waals surface area contributed by atoms with Crippen LogP contribution in [-0.2, 0) is 0 Å². The quantitative estimate of drug-likeness (QED) is 0.630. The van der Waals surface area contributed by atoms with Gasteiger partial charge in [0.1, 0.15) is 0 Å². The standard InChI is InChI=1S/C29H39N3O3/c1-29(13-3-14-29)21-31-16-11-22(12-17-31)20-35-27-10-9-25(18-30-27)23-5-7-24(8-6-23)28(34)32-15-2-4-26(33)19-32/h5-10,18,22,26,33H,2-4,11-17,19-21H2,1H3/t26-/m0/s1. The third kappa shape index (κ3) is 6.04. The highest BCUT2D eigenvalue weighted by Gasteiger charge is 2.34. The zero-order valence-electron chi connectivity index (χ0n) is 21.0.